The van der Waals surface area contributed by atoms with Crippen molar-refractivity contribution in [2.75, 3.05) is 0 Å². The zero-order chi connectivity index (χ0) is 3.58. The predicted octanol–water partition coefficient (Wildman–Crippen LogP) is 0.0797. The first-order valence-electron chi connectivity index (χ1n) is 0.855. The molecule has 0 aromatic heterocycles. The molecule has 0 rings (SSSR count). The normalized spacial score (nSPS) is 6.75. The molecule has 0 radical (unpaired) electrons. The maximum atomic E-state index is 9.36. The fourth-order valence-corrected chi connectivity index (χ4v) is 0. The molecule has 2 heteroatoms. The summed E-state index contributed by atoms with van der Waals surface area (Å²) < 4.78 is -0.0233. The first-order chi connectivity index (χ1) is 1.73. The summed E-state index contributed by atoms with van der Waals surface area (Å²) in [4.78, 5) is 9.36. The van der Waals surface area contributed by atoms with Crippen LogP contribution in [0.5, 0.6) is 0 Å². The van der Waals surface area contributed by atoms with E-state index in [1.165, 1.54) is 6.92 Å². The van der Waals surface area contributed by atoms with Gasteiger partial charge in [-0.25, -0.2) is 0 Å². The van der Waals surface area contributed by atoms with Gasteiger partial charge in [-0.15, -0.1) is 0 Å². The fraction of sp³-hybridized carbons (Fsp3) is 0.500. The second-order valence-electron chi connectivity index (χ2n) is 0.416. The van der Waals surface area contributed by atoms with E-state index < -0.39 is 0 Å². The molecule has 0 heterocycles. The summed E-state index contributed by atoms with van der Waals surface area (Å²) in [5, 5.41) is 0. The van der Waals surface area contributed by atoms with Crippen LogP contribution in [0.1, 0.15) is 6.92 Å². The molecular formula is C2H3AgO. The van der Waals surface area contributed by atoms with Crippen molar-refractivity contribution < 1.29 is 25.9 Å². The number of rotatable bonds is 0. The molecule has 0 saturated carbocycles. The molecule has 0 fully saturated rings. The minimum atomic E-state index is -0.0233. The number of hydrogen-bond donors (Lipinski definition) is 0. The van der Waals surface area contributed by atoms with E-state index in [2.05, 4.69) is 21.1 Å². The van der Waals surface area contributed by atoms with Crippen LogP contribution in [0.15, 0.2) is 0 Å². The van der Waals surface area contributed by atoms with Crippen molar-refractivity contribution >= 4 is 4.00 Å². The van der Waals surface area contributed by atoms with Gasteiger partial charge >= 0.3 is 36.8 Å². The third-order valence-corrected chi connectivity index (χ3v) is 0. The standard InChI is InChI=1S/C2H3O.Ag/c1-2-3;/h1H3;. The predicted molar refractivity (Wildman–Crippen MR) is 10.7 cm³/mol. The Morgan fingerprint density at radius 2 is 2.00 bits per heavy atom. The molecule has 0 amide bonds. The molecular weight excluding hydrogens is 148 g/mol. The van der Waals surface area contributed by atoms with Crippen molar-refractivity contribution in [3.63, 3.8) is 0 Å². The summed E-state index contributed by atoms with van der Waals surface area (Å²) >= 11 is 2.65. The summed E-state index contributed by atoms with van der Waals surface area (Å²) in [6.45, 7) is 1.44. The number of carbonyl (C=O) groups is 1. The summed E-state index contributed by atoms with van der Waals surface area (Å²) in [5.74, 6) is 0. The molecule has 0 N–H and O–H groups in total. The summed E-state index contributed by atoms with van der Waals surface area (Å²) in [5.41, 5.74) is 0. The number of hydrogen-bond acceptors (Lipinski definition) is 1. The first-order valence-corrected chi connectivity index (χ1v) is 1.60. The fourth-order valence-electron chi connectivity index (χ4n) is 0. The van der Waals surface area contributed by atoms with Crippen LogP contribution >= 0.6 is 0 Å². The van der Waals surface area contributed by atoms with E-state index in [0.29, 0.717) is 0 Å². The van der Waals surface area contributed by atoms with Gasteiger partial charge in [-0.05, 0) is 0 Å². The van der Waals surface area contributed by atoms with E-state index in [4.69, 9.17) is 0 Å². The molecule has 0 saturated heterocycles. The molecule has 0 aromatic carbocycles. The van der Waals surface area contributed by atoms with Gasteiger partial charge in [-0.3, -0.25) is 0 Å². The van der Waals surface area contributed by atoms with Gasteiger partial charge in [-0.2, -0.15) is 0 Å². The van der Waals surface area contributed by atoms with Crippen molar-refractivity contribution in [2.45, 2.75) is 6.92 Å². The summed E-state index contributed by atoms with van der Waals surface area (Å²) in [6, 6.07) is 0. The van der Waals surface area contributed by atoms with E-state index in [0.717, 1.165) is 0 Å². The topological polar surface area (TPSA) is 17.1 Å². The summed E-state index contributed by atoms with van der Waals surface area (Å²) in [7, 11) is 0. The van der Waals surface area contributed by atoms with Crippen LogP contribution < -0.4 is 0 Å². The van der Waals surface area contributed by atoms with Crippen LogP contribution in [0.2, 0.25) is 0 Å². The van der Waals surface area contributed by atoms with Gasteiger partial charge in [0.05, 0.1) is 0 Å². The average Bonchev–Trinajstić information content (AvgIpc) is 0.811. The SMILES string of the molecule is C[C](=O)[Ag]. The molecule has 0 unspecified atom stereocenters. The van der Waals surface area contributed by atoms with Gasteiger partial charge in [0.1, 0.15) is 0 Å². The molecule has 4 heavy (non-hydrogen) atoms. The van der Waals surface area contributed by atoms with E-state index in [1.54, 1.807) is 0 Å². The van der Waals surface area contributed by atoms with Crippen molar-refractivity contribution in [3.05, 3.63) is 0 Å². The van der Waals surface area contributed by atoms with Crippen LogP contribution in [0.3, 0.4) is 0 Å². The zero-order valence-electron chi connectivity index (χ0n) is 2.21. The molecule has 0 bridgehead atoms. The van der Waals surface area contributed by atoms with Crippen LogP contribution in [0.25, 0.3) is 0 Å². The van der Waals surface area contributed by atoms with Crippen LogP contribution in [0, 0.1) is 0 Å². The van der Waals surface area contributed by atoms with E-state index in [9.17, 15) is 4.79 Å². The minimum absolute atomic E-state index is 0.0233. The monoisotopic (exact) mass is 150 g/mol. The Labute approximate surface area is 37.3 Å². The second kappa shape index (κ2) is 1.70. The van der Waals surface area contributed by atoms with Crippen molar-refractivity contribution in [1.82, 2.24) is 0 Å². The Balaban J connectivity index is 2.80. The Hall–Kier alpha value is 0.410. The third-order valence-electron chi connectivity index (χ3n) is 0. The number of carbonyl (C=O) groups excluding carboxylic acids is 1. The first kappa shape index (κ1) is 4.41. The van der Waals surface area contributed by atoms with Crippen LogP contribution in [0.4, 0.5) is 0 Å². The van der Waals surface area contributed by atoms with Crippen LogP contribution in [-0.2, 0) is 25.9 Å². The van der Waals surface area contributed by atoms with E-state index >= 15 is 0 Å². The van der Waals surface area contributed by atoms with Crippen molar-refractivity contribution in [3.8, 4) is 0 Å². The molecule has 0 aliphatic carbocycles. The molecule has 0 aliphatic heterocycles. The van der Waals surface area contributed by atoms with Gasteiger partial charge in [0.2, 0.25) is 0 Å². The Morgan fingerprint density at radius 3 is 2.00 bits per heavy atom. The zero-order valence-corrected chi connectivity index (χ0v) is 3.69. The maximum absolute atomic E-state index is 9.36. The second-order valence-corrected chi connectivity index (χ2v) is 1.46. The third kappa shape index (κ3) is 28.5. The van der Waals surface area contributed by atoms with Gasteiger partial charge < -0.3 is 0 Å². The van der Waals surface area contributed by atoms with E-state index in [1.807, 2.05) is 0 Å². The van der Waals surface area contributed by atoms with E-state index in [-0.39, 0.29) is 4.00 Å². The molecule has 0 aromatic rings. The Morgan fingerprint density at radius 1 is 2.00 bits per heavy atom. The van der Waals surface area contributed by atoms with Gasteiger partial charge in [-0.1, -0.05) is 0 Å². The van der Waals surface area contributed by atoms with Crippen molar-refractivity contribution in [2.24, 2.45) is 0 Å². The molecule has 28 valence electrons. The van der Waals surface area contributed by atoms with Crippen LogP contribution in [-0.4, -0.2) is 4.00 Å². The quantitative estimate of drug-likeness (QED) is 0.448. The molecule has 0 aliphatic rings. The van der Waals surface area contributed by atoms with Gasteiger partial charge in [0, 0.05) is 0 Å². The molecule has 0 atom stereocenters. The van der Waals surface area contributed by atoms with Gasteiger partial charge in [0.15, 0.2) is 0 Å². The Bertz CT molecular complexity index is 29.0. The van der Waals surface area contributed by atoms with Gasteiger partial charge in [0.25, 0.3) is 0 Å². The molecule has 1 nitrogen and oxygen atoms in total. The summed E-state index contributed by atoms with van der Waals surface area (Å²) in [6.07, 6.45) is 0. The molecule has 0 spiro atoms. The Kier molecular flexibility index (Phi) is 1.88. The average molecular weight is 151 g/mol. The van der Waals surface area contributed by atoms with Crippen molar-refractivity contribution in [1.29, 1.82) is 0 Å².